The van der Waals surface area contributed by atoms with Gasteiger partial charge in [0.05, 0.1) is 6.54 Å². The largest absolute Gasteiger partial charge is 0.325 e. The van der Waals surface area contributed by atoms with Crippen molar-refractivity contribution in [2.75, 3.05) is 23.3 Å². The number of amides is 2. The van der Waals surface area contributed by atoms with E-state index in [1.807, 2.05) is 55.5 Å². The van der Waals surface area contributed by atoms with Gasteiger partial charge >= 0.3 is 0 Å². The van der Waals surface area contributed by atoms with Crippen molar-refractivity contribution in [2.24, 2.45) is 0 Å². The maximum atomic E-state index is 12.2. The lowest BCUT2D eigenvalue weighted by Crippen LogP contribution is -2.30. The van der Waals surface area contributed by atoms with Crippen LogP contribution in [-0.4, -0.2) is 24.9 Å². The van der Waals surface area contributed by atoms with Gasteiger partial charge in [-0.25, -0.2) is 0 Å². The van der Waals surface area contributed by atoms with Crippen LogP contribution in [0.2, 0.25) is 5.02 Å². The molecule has 0 unspecified atom stereocenters. The van der Waals surface area contributed by atoms with E-state index in [0.29, 0.717) is 17.1 Å². The third-order valence-electron chi connectivity index (χ3n) is 4.48. The number of hydrogen-bond donors (Lipinski definition) is 2. The molecule has 1 saturated heterocycles. The number of carbonyl (C=O) groups is 2. The minimum Gasteiger partial charge on any atom is -0.325 e. The van der Waals surface area contributed by atoms with Crippen LogP contribution in [0.4, 0.5) is 11.4 Å². The highest BCUT2D eigenvalue weighted by atomic mass is 35.5. The number of nitrogens with zero attached hydrogens (tertiary/aromatic N) is 1. The zero-order valence-electron chi connectivity index (χ0n) is 14.7. The Balaban J connectivity index is 1.52. The zero-order chi connectivity index (χ0) is 18.5. The van der Waals surface area contributed by atoms with Crippen LogP contribution in [0.25, 0.3) is 0 Å². The van der Waals surface area contributed by atoms with Crippen LogP contribution in [0.1, 0.15) is 31.4 Å². The number of benzene rings is 2. The Labute approximate surface area is 158 Å². The molecule has 2 N–H and O–H groups in total. The smallest absolute Gasteiger partial charge is 0.238 e. The van der Waals surface area contributed by atoms with E-state index in [2.05, 4.69) is 10.6 Å². The Bertz CT molecular complexity index is 792. The first-order valence-corrected chi connectivity index (χ1v) is 9.10. The van der Waals surface area contributed by atoms with Crippen LogP contribution >= 0.6 is 11.6 Å². The first-order valence-electron chi connectivity index (χ1n) is 8.72. The Morgan fingerprint density at radius 3 is 2.58 bits per heavy atom. The molecule has 6 heteroatoms. The zero-order valence-corrected chi connectivity index (χ0v) is 15.4. The third kappa shape index (κ3) is 4.42. The van der Waals surface area contributed by atoms with Crippen LogP contribution in [0, 0.1) is 0 Å². The average molecular weight is 372 g/mol. The summed E-state index contributed by atoms with van der Waals surface area (Å²) in [5.41, 5.74) is 2.54. The SMILES string of the molecule is C[C@H](NCC(=O)Nc1ccc(N2CCCC2=O)cc1)c1ccccc1Cl. The van der Waals surface area contributed by atoms with Gasteiger partial charge in [-0.05, 0) is 49.2 Å². The fourth-order valence-electron chi connectivity index (χ4n) is 3.03. The maximum Gasteiger partial charge on any atom is 0.238 e. The molecule has 2 amide bonds. The molecule has 1 aliphatic heterocycles. The van der Waals surface area contributed by atoms with Crippen LogP contribution in [0.15, 0.2) is 48.5 Å². The molecule has 0 aromatic heterocycles. The number of nitrogens with one attached hydrogen (secondary N) is 2. The monoisotopic (exact) mass is 371 g/mol. The van der Waals surface area contributed by atoms with E-state index in [1.54, 1.807) is 4.90 Å². The van der Waals surface area contributed by atoms with Gasteiger partial charge in [0.1, 0.15) is 0 Å². The molecule has 0 aliphatic carbocycles. The minimum atomic E-state index is -0.131. The molecule has 0 saturated carbocycles. The molecule has 3 rings (SSSR count). The summed E-state index contributed by atoms with van der Waals surface area (Å²) in [5.74, 6) is 0.0217. The van der Waals surface area contributed by atoms with E-state index in [1.165, 1.54) is 0 Å². The molecule has 1 heterocycles. The number of halogens is 1. The molecule has 136 valence electrons. The Morgan fingerprint density at radius 2 is 1.92 bits per heavy atom. The van der Waals surface area contributed by atoms with Crippen molar-refractivity contribution in [1.82, 2.24) is 5.32 Å². The molecule has 1 atom stereocenters. The average Bonchev–Trinajstić information content (AvgIpc) is 3.07. The lowest BCUT2D eigenvalue weighted by molar-refractivity contribution is -0.117. The lowest BCUT2D eigenvalue weighted by atomic mass is 10.1. The standard InChI is InChI=1S/C20H22ClN3O2/c1-14(17-5-2-3-6-18(17)21)22-13-19(25)23-15-8-10-16(11-9-15)24-12-4-7-20(24)26/h2-3,5-6,8-11,14,22H,4,7,12-13H2,1H3,(H,23,25)/t14-/m0/s1. The van der Waals surface area contributed by atoms with Crippen LogP contribution in [0.5, 0.6) is 0 Å². The summed E-state index contributed by atoms with van der Waals surface area (Å²) in [4.78, 5) is 25.7. The van der Waals surface area contributed by atoms with Crippen LogP contribution in [-0.2, 0) is 9.59 Å². The summed E-state index contributed by atoms with van der Waals surface area (Å²) in [6, 6.07) is 14.9. The van der Waals surface area contributed by atoms with E-state index in [-0.39, 0.29) is 24.4 Å². The van der Waals surface area contributed by atoms with Crippen LogP contribution in [0.3, 0.4) is 0 Å². The van der Waals surface area contributed by atoms with Crippen LogP contribution < -0.4 is 15.5 Å². The highest BCUT2D eigenvalue weighted by molar-refractivity contribution is 6.31. The van der Waals surface area contributed by atoms with Crippen molar-refractivity contribution >= 4 is 34.8 Å². The second-order valence-corrected chi connectivity index (χ2v) is 6.78. The maximum absolute atomic E-state index is 12.2. The number of carbonyl (C=O) groups excluding carboxylic acids is 2. The number of rotatable bonds is 6. The van der Waals surface area contributed by atoms with Gasteiger partial charge in [0, 0.05) is 35.4 Å². The summed E-state index contributed by atoms with van der Waals surface area (Å²) in [6.45, 7) is 2.91. The van der Waals surface area contributed by atoms with Crippen molar-refractivity contribution in [2.45, 2.75) is 25.8 Å². The predicted molar refractivity (Wildman–Crippen MR) is 105 cm³/mol. The van der Waals surface area contributed by atoms with E-state index >= 15 is 0 Å². The van der Waals surface area contributed by atoms with Gasteiger partial charge in [-0.15, -0.1) is 0 Å². The molecular weight excluding hydrogens is 350 g/mol. The first kappa shape index (κ1) is 18.4. The summed E-state index contributed by atoms with van der Waals surface area (Å²) < 4.78 is 0. The van der Waals surface area contributed by atoms with Gasteiger partial charge in [0.15, 0.2) is 0 Å². The molecular formula is C20H22ClN3O2. The lowest BCUT2D eigenvalue weighted by Gasteiger charge is -2.17. The van der Waals surface area contributed by atoms with Gasteiger partial charge in [-0.1, -0.05) is 29.8 Å². The summed E-state index contributed by atoms with van der Waals surface area (Å²) in [5, 5.41) is 6.71. The highest BCUT2D eigenvalue weighted by Gasteiger charge is 2.21. The molecule has 2 aromatic carbocycles. The quantitative estimate of drug-likeness (QED) is 0.812. The molecule has 0 radical (unpaired) electrons. The second-order valence-electron chi connectivity index (χ2n) is 6.37. The number of anilines is 2. The molecule has 0 bridgehead atoms. The van der Waals surface area contributed by atoms with Gasteiger partial charge in [-0.3, -0.25) is 9.59 Å². The topological polar surface area (TPSA) is 61.4 Å². The molecule has 1 fully saturated rings. The van der Waals surface area contributed by atoms with Gasteiger partial charge in [-0.2, -0.15) is 0 Å². The summed E-state index contributed by atoms with van der Waals surface area (Å²) >= 11 is 6.17. The molecule has 5 nitrogen and oxygen atoms in total. The summed E-state index contributed by atoms with van der Waals surface area (Å²) in [7, 11) is 0. The Hall–Kier alpha value is -2.37. The van der Waals surface area contributed by atoms with Gasteiger partial charge in [0.25, 0.3) is 0 Å². The van der Waals surface area contributed by atoms with E-state index < -0.39 is 0 Å². The first-order chi connectivity index (χ1) is 12.5. The molecule has 1 aliphatic rings. The second kappa shape index (κ2) is 8.34. The van der Waals surface area contributed by atoms with E-state index in [9.17, 15) is 9.59 Å². The molecule has 2 aromatic rings. The Morgan fingerprint density at radius 1 is 1.19 bits per heavy atom. The fraction of sp³-hybridized carbons (Fsp3) is 0.300. The predicted octanol–water partition coefficient (Wildman–Crippen LogP) is 3.76. The van der Waals surface area contributed by atoms with Crippen molar-refractivity contribution in [3.63, 3.8) is 0 Å². The van der Waals surface area contributed by atoms with Gasteiger partial charge in [0.2, 0.25) is 11.8 Å². The highest BCUT2D eigenvalue weighted by Crippen LogP contribution is 2.23. The van der Waals surface area contributed by atoms with Crippen molar-refractivity contribution in [3.8, 4) is 0 Å². The normalized spacial score (nSPS) is 15.2. The number of hydrogen-bond acceptors (Lipinski definition) is 3. The molecule has 0 spiro atoms. The minimum absolute atomic E-state index is 0.0296. The van der Waals surface area contributed by atoms with Crippen molar-refractivity contribution in [3.05, 3.63) is 59.1 Å². The van der Waals surface area contributed by atoms with E-state index in [0.717, 1.165) is 24.2 Å². The fourth-order valence-corrected chi connectivity index (χ4v) is 3.33. The summed E-state index contributed by atoms with van der Waals surface area (Å²) in [6.07, 6.45) is 1.50. The third-order valence-corrected chi connectivity index (χ3v) is 4.82. The van der Waals surface area contributed by atoms with Crippen molar-refractivity contribution in [1.29, 1.82) is 0 Å². The Kier molecular flexibility index (Phi) is 5.91. The molecule has 26 heavy (non-hydrogen) atoms. The van der Waals surface area contributed by atoms with Crippen molar-refractivity contribution < 1.29 is 9.59 Å². The van der Waals surface area contributed by atoms with E-state index in [4.69, 9.17) is 11.6 Å². The van der Waals surface area contributed by atoms with Gasteiger partial charge < -0.3 is 15.5 Å².